The maximum atomic E-state index is 13.5. The Bertz CT molecular complexity index is 1320. The molecule has 0 bridgehead atoms. The highest BCUT2D eigenvalue weighted by atomic mass is 35.5. The standard InChI is InChI=1S/C27H30ClN3O4S/c1-20(18-27(2,3)21-9-6-5-7-10-21)29-30-26(32)19-31(23-12-8-11-22(28)17-23)36(33,34)25-15-13-24(35-4)14-16-25/h5-17H,18-19H2,1-4H3,(H,30,32)/b29-20-. The zero-order valence-corrected chi connectivity index (χ0v) is 22.3. The van der Waals surface area contributed by atoms with Crippen LogP contribution < -0.4 is 14.5 Å². The smallest absolute Gasteiger partial charge is 0.264 e. The number of rotatable bonds is 10. The number of anilines is 1. The Morgan fingerprint density at radius 1 is 1.03 bits per heavy atom. The fourth-order valence-corrected chi connectivity index (χ4v) is 5.41. The number of hydrogen-bond donors (Lipinski definition) is 1. The molecule has 0 heterocycles. The molecule has 1 amide bonds. The number of hydrogen-bond acceptors (Lipinski definition) is 5. The molecule has 3 aromatic rings. The van der Waals surface area contributed by atoms with E-state index in [2.05, 4.69) is 36.5 Å². The molecule has 0 spiro atoms. The van der Waals surface area contributed by atoms with Gasteiger partial charge in [0.25, 0.3) is 15.9 Å². The maximum absolute atomic E-state index is 13.5. The van der Waals surface area contributed by atoms with Gasteiger partial charge in [-0.25, -0.2) is 13.8 Å². The van der Waals surface area contributed by atoms with Gasteiger partial charge in [-0.1, -0.05) is 61.8 Å². The minimum atomic E-state index is -4.08. The minimum Gasteiger partial charge on any atom is -0.497 e. The van der Waals surface area contributed by atoms with Gasteiger partial charge in [0.2, 0.25) is 0 Å². The molecule has 0 aliphatic carbocycles. The number of halogens is 1. The topological polar surface area (TPSA) is 88.1 Å². The quantitative estimate of drug-likeness (QED) is 0.282. The first-order valence-electron chi connectivity index (χ1n) is 11.3. The molecule has 3 rings (SSSR count). The minimum absolute atomic E-state index is 0.0142. The Morgan fingerprint density at radius 3 is 2.31 bits per heavy atom. The molecule has 7 nitrogen and oxygen atoms in total. The first-order valence-corrected chi connectivity index (χ1v) is 13.1. The Labute approximate surface area is 217 Å². The van der Waals surface area contributed by atoms with Crippen LogP contribution in [0.3, 0.4) is 0 Å². The van der Waals surface area contributed by atoms with Crippen LogP contribution in [0.5, 0.6) is 5.75 Å². The normalized spacial score (nSPS) is 12.2. The summed E-state index contributed by atoms with van der Waals surface area (Å²) in [7, 11) is -2.59. The van der Waals surface area contributed by atoms with E-state index in [1.165, 1.54) is 25.3 Å². The summed E-state index contributed by atoms with van der Waals surface area (Å²) >= 11 is 6.12. The third kappa shape index (κ3) is 6.86. The van der Waals surface area contributed by atoms with Gasteiger partial charge in [0.15, 0.2) is 0 Å². The van der Waals surface area contributed by atoms with Crippen molar-refractivity contribution < 1.29 is 17.9 Å². The maximum Gasteiger partial charge on any atom is 0.264 e. The highest BCUT2D eigenvalue weighted by Crippen LogP contribution is 2.28. The molecule has 9 heteroatoms. The molecular weight excluding hydrogens is 498 g/mol. The molecule has 0 saturated heterocycles. The van der Waals surface area contributed by atoms with E-state index in [9.17, 15) is 13.2 Å². The molecule has 0 radical (unpaired) electrons. The third-order valence-corrected chi connectivity index (χ3v) is 7.68. The predicted octanol–water partition coefficient (Wildman–Crippen LogP) is 5.40. The summed E-state index contributed by atoms with van der Waals surface area (Å²) in [5, 5.41) is 4.58. The van der Waals surface area contributed by atoms with Crippen LogP contribution in [0.1, 0.15) is 32.8 Å². The molecule has 3 aromatic carbocycles. The van der Waals surface area contributed by atoms with Crippen LogP contribution in [0.15, 0.2) is 88.9 Å². The van der Waals surface area contributed by atoms with Crippen molar-refractivity contribution in [3.8, 4) is 5.75 Å². The van der Waals surface area contributed by atoms with E-state index >= 15 is 0 Å². The lowest BCUT2D eigenvalue weighted by Gasteiger charge is -2.25. The van der Waals surface area contributed by atoms with Gasteiger partial charge < -0.3 is 4.74 Å². The van der Waals surface area contributed by atoms with Crippen molar-refractivity contribution in [3.05, 3.63) is 89.4 Å². The van der Waals surface area contributed by atoms with Crippen molar-refractivity contribution in [1.82, 2.24) is 5.43 Å². The van der Waals surface area contributed by atoms with Crippen LogP contribution in [0, 0.1) is 0 Å². The van der Waals surface area contributed by atoms with E-state index in [0.717, 1.165) is 9.87 Å². The number of hydrazone groups is 1. The number of carbonyl (C=O) groups is 1. The summed E-state index contributed by atoms with van der Waals surface area (Å²) in [6, 6.07) is 22.3. The fourth-order valence-electron chi connectivity index (χ4n) is 3.82. The summed E-state index contributed by atoms with van der Waals surface area (Å²) in [6.07, 6.45) is 0.611. The molecule has 36 heavy (non-hydrogen) atoms. The molecule has 0 aliphatic rings. The number of nitrogens with one attached hydrogen (secondary N) is 1. The molecule has 0 aromatic heterocycles. The van der Waals surface area contributed by atoms with Crippen LogP contribution in [0.25, 0.3) is 0 Å². The van der Waals surface area contributed by atoms with Crippen molar-refractivity contribution in [2.45, 2.75) is 37.5 Å². The van der Waals surface area contributed by atoms with Crippen LogP contribution >= 0.6 is 11.6 Å². The van der Waals surface area contributed by atoms with E-state index in [0.29, 0.717) is 22.9 Å². The second-order valence-electron chi connectivity index (χ2n) is 8.98. The molecule has 1 N–H and O–H groups in total. The summed E-state index contributed by atoms with van der Waals surface area (Å²) < 4.78 is 33.1. The number of ether oxygens (including phenoxy) is 1. The molecular formula is C27H30ClN3O4S. The van der Waals surface area contributed by atoms with Gasteiger partial charge in [-0.3, -0.25) is 9.10 Å². The van der Waals surface area contributed by atoms with E-state index in [1.54, 1.807) is 30.3 Å². The van der Waals surface area contributed by atoms with Crippen LogP contribution in [-0.2, 0) is 20.2 Å². The monoisotopic (exact) mass is 527 g/mol. The van der Waals surface area contributed by atoms with Crippen molar-refractivity contribution in [1.29, 1.82) is 0 Å². The number of amides is 1. The largest absolute Gasteiger partial charge is 0.497 e. The number of benzene rings is 3. The molecule has 0 fully saturated rings. The first-order chi connectivity index (χ1) is 17.0. The zero-order valence-electron chi connectivity index (χ0n) is 20.7. The first kappa shape index (κ1) is 27.2. The summed E-state index contributed by atoms with van der Waals surface area (Å²) in [4.78, 5) is 12.9. The fraction of sp³-hybridized carbons (Fsp3) is 0.259. The lowest BCUT2D eigenvalue weighted by atomic mass is 9.80. The molecule has 0 saturated carbocycles. The lowest BCUT2D eigenvalue weighted by Crippen LogP contribution is -2.39. The van der Waals surface area contributed by atoms with Gasteiger partial charge in [0.05, 0.1) is 17.7 Å². The summed E-state index contributed by atoms with van der Waals surface area (Å²) in [6.45, 7) is 5.55. The SMILES string of the molecule is COc1ccc(S(=O)(=O)N(CC(=O)N/N=C(/C)CC(C)(C)c2ccccc2)c2cccc(Cl)c2)cc1. The highest BCUT2D eigenvalue weighted by molar-refractivity contribution is 7.92. The summed E-state index contributed by atoms with van der Waals surface area (Å²) in [5.74, 6) is -0.0619. The number of nitrogens with zero attached hydrogens (tertiary/aromatic N) is 2. The van der Waals surface area contributed by atoms with E-state index in [-0.39, 0.29) is 16.0 Å². The number of carbonyl (C=O) groups excluding carboxylic acids is 1. The van der Waals surface area contributed by atoms with Crippen LogP contribution in [-0.4, -0.2) is 33.7 Å². The van der Waals surface area contributed by atoms with E-state index in [1.807, 2.05) is 25.1 Å². The number of methoxy groups -OCH3 is 1. The van der Waals surface area contributed by atoms with Crippen molar-refractivity contribution in [2.24, 2.45) is 5.10 Å². The van der Waals surface area contributed by atoms with E-state index < -0.39 is 22.5 Å². The Kier molecular flexibility index (Phi) is 8.76. The second-order valence-corrected chi connectivity index (χ2v) is 11.3. The van der Waals surface area contributed by atoms with Gasteiger partial charge in [0, 0.05) is 10.7 Å². The lowest BCUT2D eigenvalue weighted by molar-refractivity contribution is -0.119. The van der Waals surface area contributed by atoms with Crippen molar-refractivity contribution in [2.75, 3.05) is 18.0 Å². The Balaban J connectivity index is 1.80. The molecule has 0 aliphatic heterocycles. The molecule has 0 unspecified atom stereocenters. The molecule has 190 valence electrons. The van der Waals surface area contributed by atoms with Crippen molar-refractivity contribution in [3.63, 3.8) is 0 Å². The van der Waals surface area contributed by atoms with Crippen molar-refractivity contribution >= 4 is 38.9 Å². The zero-order chi connectivity index (χ0) is 26.3. The van der Waals surface area contributed by atoms with E-state index in [4.69, 9.17) is 16.3 Å². The van der Waals surface area contributed by atoms with Gasteiger partial charge >= 0.3 is 0 Å². The Morgan fingerprint density at radius 2 is 1.69 bits per heavy atom. The van der Waals surface area contributed by atoms with Crippen LogP contribution in [0.4, 0.5) is 5.69 Å². The molecule has 0 atom stereocenters. The second kappa shape index (κ2) is 11.6. The highest BCUT2D eigenvalue weighted by Gasteiger charge is 2.28. The van der Waals surface area contributed by atoms with Gasteiger partial charge in [-0.05, 0) is 66.8 Å². The average molecular weight is 528 g/mol. The third-order valence-electron chi connectivity index (χ3n) is 5.66. The van der Waals surface area contributed by atoms with Gasteiger partial charge in [0.1, 0.15) is 12.3 Å². The average Bonchev–Trinajstić information content (AvgIpc) is 2.86. The van der Waals surface area contributed by atoms with Crippen LogP contribution in [0.2, 0.25) is 5.02 Å². The summed E-state index contributed by atoms with van der Waals surface area (Å²) in [5.41, 5.74) is 4.44. The predicted molar refractivity (Wildman–Crippen MR) is 144 cm³/mol. The van der Waals surface area contributed by atoms with Gasteiger partial charge in [-0.2, -0.15) is 5.10 Å². The Hall–Kier alpha value is -3.36. The van der Waals surface area contributed by atoms with Gasteiger partial charge in [-0.15, -0.1) is 0 Å². The number of sulfonamides is 1.